The maximum Gasteiger partial charge on any atom is 0.271 e. The number of nitro groups is 2. The molecule has 0 heterocycles. The molecule has 3 rings (SSSR count). The maximum atomic E-state index is 12.7. The molecular weight excluding hydrogens is 460 g/mol. The highest BCUT2D eigenvalue weighted by Gasteiger charge is 2.18. The Morgan fingerprint density at radius 2 is 1.56 bits per heavy atom. The van der Waals surface area contributed by atoms with Gasteiger partial charge in [0, 0.05) is 40.4 Å². The van der Waals surface area contributed by atoms with Crippen molar-refractivity contribution in [3.05, 3.63) is 98.1 Å². The van der Waals surface area contributed by atoms with Crippen LogP contribution in [0, 0.1) is 27.2 Å². The molecule has 1 unspecified atom stereocenters. The van der Waals surface area contributed by atoms with Crippen LogP contribution in [0.3, 0.4) is 0 Å². The molecule has 3 aromatic rings. The molecule has 10 nitrogen and oxygen atoms in total. The number of rotatable bonds is 8. The Bertz CT molecular complexity index is 1280. The molecule has 2 amide bonds. The topological polar surface area (TPSA) is 144 Å². The lowest BCUT2D eigenvalue weighted by Gasteiger charge is -2.14. The van der Waals surface area contributed by atoms with Gasteiger partial charge < -0.3 is 10.6 Å². The molecule has 0 radical (unpaired) electrons. The van der Waals surface area contributed by atoms with E-state index < -0.39 is 21.0 Å². The molecule has 0 fully saturated rings. The first-order chi connectivity index (χ1) is 16.1. The second-order valence-corrected chi connectivity index (χ2v) is 8.71. The summed E-state index contributed by atoms with van der Waals surface area (Å²) in [7, 11) is 0. The summed E-state index contributed by atoms with van der Waals surface area (Å²) in [6, 6.07) is 16.5. The summed E-state index contributed by atoms with van der Waals surface area (Å²) in [5, 5.41) is 26.8. The molecule has 0 aliphatic heterocycles. The fourth-order valence-corrected chi connectivity index (χ4v) is 3.89. The molecule has 0 spiro atoms. The number of carbonyl (C=O) groups excluding carboxylic acids is 2. The number of hydrogen-bond donors (Lipinski definition) is 2. The Morgan fingerprint density at radius 3 is 2.26 bits per heavy atom. The van der Waals surface area contributed by atoms with E-state index in [0.29, 0.717) is 21.8 Å². The van der Waals surface area contributed by atoms with Crippen LogP contribution < -0.4 is 10.6 Å². The van der Waals surface area contributed by atoms with Gasteiger partial charge in [-0.15, -0.1) is 11.8 Å². The van der Waals surface area contributed by atoms with Crippen molar-refractivity contribution in [2.24, 2.45) is 0 Å². The Morgan fingerprint density at radius 1 is 0.882 bits per heavy atom. The number of nitrogens with one attached hydrogen (secondary N) is 2. The first-order valence-corrected chi connectivity index (χ1v) is 10.9. The average molecular weight is 481 g/mol. The van der Waals surface area contributed by atoms with Crippen LogP contribution in [0.5, 0.6) is 0 Å². The zero-order chi connectivity index (χ0) is 24.8. The molecule has 3 aromatic carbocycles. The fourth-order valence-electron chi connectivity index (χ4n) is 2.96. The summed E-state index contributed by atoms with van der Waals surface area (Å²) in [6.45, 7) is 3.44. The lowest BCUT2D eigenvalue weighted by atomic mass is 10.2. The molecule has 1 atom stereocenters. The van der Waals surface area contributed by atoms with E-state index in [2.05, 4.69) is 10.6 Å². The van der Waals surface area contributed by atoms with Gasteiger partial charge in [-0.25, -0.2) is 0 Å². The number of amides is 2. The number of aryl methyl sites for hydroxylation is 1. The van der Waals surface area contributed by atoms with Crippen LogP contribution in [-0.2, 0) is 4.79 Å². The molecule has 11 heteroatoms. The first-order valence-electron chi connectivity index (χ1n) is 10.0. The van der Waals surface area contributed by atoms with Gasteiger partial charge in [-0.2, -0.15) is 0 Å². The molecular formula is C23H20N4O6S. The van der Waals surface area contributed by atoms with Crippen molar-refractivity contribution in [1.82, 2.24) is 0 Å². The SMILES string of the molecule is Cc1ccc([N+](=O)[O-])cc1NC(=O)C(C)Sc1cccc(NC(=O)c2cccc([N+](=O)[O-])c2)c1. The minimum atomic E-state index is -0.574. The molecule has 2 N–H and O–H groups in total. The Labute approximate surface area is 198 Å². The largest absolute Gasteiger partial charge is 0.325 e. The number of hydrogen-bond acceptors (Lipinski definition) is 7. The van der Waals surface area contributed by atoms with E-state index >= 15 is 0 Å². The predicted molar refractivity (Wildman–Crippen MR) is 129 cm³/mol. The highest BCUT2D eigenvalue weighted by atomic mass is 32.2. The standard InChI is InChI=1S/C23H20N4O6S/c1-14-9-10-19(27(32)33)13-21(14)25-22(28)15(2)34-20-8-4-6-17(12-20)24-23(29)16-5-3-7-18(11-16)26(30)31/h3-13,15H,1-2H3,(H,24,29)(H,25,28). The lowest BCUT2D eigenvalue weighted by Crippen LogP contribution is -2.22. The van der Waals surface area contributed by atoms with E-state index in [-0.39, 0.29) is 22.8 Å². The fraction of sp³-hybridized carbons (Fsp3) is 0.130. The van der Waals surface area contributed by atoms with Gasteiger partial charge in [-0.3, -0.25) is 29.8 Å². The quantitative estimate of drug-likeness (QED) is 0.257. The zero-order valence-corrected chi connectivity index (χ0v) is 19.0. The van der Waals surface area contributed by atoms with Gasteiger partial charge in [0.05, 0.1) is 20.8 Å². The number of carbonyl (C=O) groups is 2. The van der Waals surface area contributed by atoms with Gasteiger partial charge in [-0.05, 0) is 43.7 Å². The summed E-state index contributed by atoms with van der Waals surface area (Å²) in [4.78, 5) is 46.7. The van der Waals surface area contributed by atoms with E-state index in [0.717, 1.165) is 0 Å². The van der Waals surface area contributed by atoms with Gasteiger partial charge in [0.2, 0.25) is 5.91 Å². The van der Waals surface area contributed by atoms with Gasteiger partial charge >= 0.3 is 0 Å². The average Bonchev–Trinajstić information content (AvgIpc) is 2.80. The third-order valence-electron chi connectivity index (χ3n) is 4.78. The van der Waals surface area contributed by atoms with E-state index in [9.17, 15) is 29.8 Å². The number of thioether (sulfide) groups is 1. The van der Waals surface area contributed by atoms with Gasteiger partial charge in [0.25, 0.3) is 17.3 Å². The van der Waals surface area contributed by atoms with Crippen molar-refractivity contribution < 1.29 is 19.4 Å². The predicted octanol–water partition coefficient (Wildman–Crippen LogP) is 5.18. The van der Waals surface area contributed by atoms with Crippen molar-refractivity contribution in [1.29, 1.82) is 0 Å². The summed E-state index contributed by atoms with van der Waals surface area (Å²) in [5.41, 5.74) is 1.37. The number of nitrogens with zero attached hydrogens (tertiary/aromatic N) is 2. The maximum absolute atomic E-state index is 12.7. The van der Waals surface area contributed by atoms with Gasteiger partial charge in [0.1, 0.15) is 0 Å². The third kappa shape index (κ3) is 6.17. The minimum absolute atomic E-state index is 0.117. The van der Waals surface area contributed by atoms with Crippen molar-refractivity contribution in [2.75, 3.05) is 10.6 Å². The number of non-ortho nitro benzene ring substituents is 2. The zero-order valence-electron chi connectivity index (χ0n) is 18.2. The molecule has 0 aromatic heterocycles. The van der Waals surface area contributed by atoms with Crippen LogP contribution >= 0.6 is 11.8 Å². The van der Waals surface area contributed by atoms with Gasteiger partial charge in [0.15, 0.2) is 0 Å². The monoisotopic (exact) mass is 480 g/mol. The van der Waals surface area contributed by atoms with Crippen LogP contribution in [-0.4, -0.2) is 26.9 Å². The van der Waals surface area contributed by atoms with E-state index in [1.807, 2.05) is 0 Å². The lowest BCUT2D eigenvalue weighted by molar-refractivity contribution is -0.385. The Kier molecular flexibility index (Phi) is 7.59. The Hall–Kier alpha value is -4.25. The molecule has 0 saturated carbocycles. The van der Waals surface area contributed by atoms with Crippen LogP contribution in [0.25, 0.3) is 0 Å². The minimum Gasteiger partial charge on any atom is -0.325 e. The second kappa shape index (κ2) is 10.6. The van der Waals surface area contributed by atoms with Gasteiger partial charge in [-0.1, -0.05) is 18.2 Å². The summed E-state index contributed by atoms with van der Waals surface area (Å²) in [5.74, 6) is -0.836. The number of benzene rings is 3. The summed E-state index contributed by atoms with van der Waals surface area (Å²) < 4.78 is 0. The van der Waals surface area contributed by atoms with Crippen molar-refractivity contribution in [3.63, 3.8) is 0 Å². The van der Waals surface area contributed by atoms with Crippen LogP contribution in [0.15, 0.2) is 71.6 Å². The summed E-state index contributed by atoms with van der Waals surface area (Å²) in [6.07, 6.45) is 0. The molecule has 0 bridgehead atoms. The summed E-state index contributed by atoms with van der Waals surface area (Å²) >= 11 is 1.24. The highest BCUT2D eigenvalue weighted by molar-refractivity contribution is 8.00. The Balaban J connectivity index is 1.67. The molecule has 0 aliphatic rings. The number of nitro benzene ring substituents is 2. The van der Waals surface area contributed by atoms with Crippen molar-refractivity contribution >= 4 is 46.3 Å². The highest BCUT2D eigenvalue weighted by Crippen LogP contribution is 2.28. The first kappa shape index (κ1) is 24.4. The van der Waals surface area contributed by atoms with Crippen LogP contribution in [0.1, 0.15) is 22.8 Å². The van der Waals surface area contributed by atoms with E-state index in [4.69, 9.17) is 0 Å². The second-order valence-electron chi connectivity index (χ2n) is 7.30. The smallest absolute Gasteiger partial charge is 0.271 e. The van der Waals surface area contributed by atoms with E-state index in [1.54, 1.807) is 44.2 Å². The van der Waals surface area contributed by atoms with Crippen molar-refractivity contribution in [3.8, 4) is 0 Å². The van der Waals surface area contributed by atoms with E-state index in [1.165, 1.54) is 48.2 Å². The molecule has 34 heavy (non-hydrogen) atoms. The normalized spacial score (nSPS) is 11.4. The third-order valence-corrected chi connectivity index (χ3v) is 5.88. The number of anilines is 2. The molecule has 0 aliphatic carbocycles. The van der Waals surface area contributed by atoms with Crippen molar-refractivity contribution in [2.45, 2.75) is 24.0 Å². The van der Waals surface area contributed by atoms with Crippen LogP contribution in [0.4, 0.5) is 22.7 Å². The van der Waals surface area contributed by atoms with Crippen LogP contribution in [0.2, 0.25) is 0 Å². The molecule has 0 saturated heterocycles. The molecule has 174 valence electrons.